The third-order valence-electron chi connectivity index (χ3n) is 3.64. The summed E-state index contributed by atoms with van der Waals surface area (Å²) in [5.41, 5.74) is 2.09. The normalized spacial score (nSPS) is 10.2. The Morgan fingerprint density at radius 2 is 1.50 bits per heavy atom. The predicted octanol–water partition coefficient (Wildman–Crippen LogP) is 2.84. The van der Waals surface area contributed by atoms with Crippen LogP contribution in [0.1, 0.15) is 45.2 Å². The Labute approximate surface area is 140 Å². The first-order chi connectivity index (χ1) is 11.5. The van der Waals surface area contributed by atoms with Crippen LogP contribution >= 0.6 is 0 Å². The lowest BCUT2D eigenvalue weighted by Crippen LogP contribution is -2.24. The zero-order valence-corrected chi connectivity index (χ0v) is 13.4. The summed E-state index contributed by atoms with van der Waals surface area (Å²) >= 11 is 0. The molecule has 0 saturated heterocycles. The monoisotopic (exact) mass is 325 g/mol. The first-order valence-corrected chi connectivity index (χ1v) is 7.65. The van der Waals surface area contributed by atoms with Crippen LogP contribution in [0.25, 0.3) is 0 Å². The van der Waals surface area contributed by atoms with Gasteiger partial charge in [-0.05, 0) is 36.6 Å². The van der Waals surface area contributed by atoms with E-state index in [4.69, 9.17) is 5.11 Å². The molecule has 2 N–H and O–H groups in total. The smallest absolute Gasteiger partial charge is 0.336 e. The highest BCUT2D eigenvalue weighted by Gasteiger charge is 2.15. The Bertz CT molecular complexity index is 750. The molecule has 0 heterocycles. The number of carboxylic acids is 1. The second-order valence-electron chi connectivity index (χ2n) is 5.55. The summed E-state index contributed by atoms with van der Waals surface area (Å²) in [5.74, 6) is -1.40. The molecule has 5 heteroatoms. The fraction of sp³-hybridized carbons (Fsp3) is 0.211. The number of rotatable bonds is 7. The van der Waals surface area contributed by atoms with E-state index in [1.807, 2.05) is 24.3 Å². The van der Waals surface area contributed by atoms with E-state index in [-0.39, 0.29) is 16.9 Å². The second-order valence-corrected chi connectivity index (χ2v) is 5.55. The number of aryl methyl sites for hydroxylation is 1. The Kier molecular flexibility index (Phi) is 5.84. The molecule has 2 aromatic rings. The standard InChI is InChI=1S/C19H19NO4/c1-13(21)6-7-14-8-10-15(11-9-14)12-20-18(22)16-4-2-3-5-17(16)19(23)24/h2-5,8-11H,6-7,12H2,1H3,(H,20,22)(H,23,24). The van der Waals surface area contributed by atoms with Crippen LogP contribution < -0.4 is 5.32 Å². The van der Waals surface area contributed by atoms with Gasteiger partial charge in [-0.1, -0.05) is 36.4 Å². The average molecular weight is 325 g/mol. The molecular weight excluding hydrogens is 306 g/mol. The van der Waals surface area contributed by atoms with Gasteiger partial charge in [0.1, 0.15) is 5.78 Å². The van der Waals surface area contributed by atoms with E-state index >= 15 is 0 Å². The van der Waals surface area contributed by atoms with Crippen LogP contribution in [0, 0.1) is 0 Å². The van der Waals surface area contributed by atoms with Crippen LogP contribution in [-0.4, -0.2) is 22.8 Å². The number of aromatic carboxylic acids is 1. The van der Waals surface area contributed by atoms with Crippen molar-refractivity contribution >= 4 is 17.7 Å². The number of carboxylic acid groups (broad SMARTS) is 1. The lowest BCUT2D eigenvalue weighted by atomic mass is 10.1. The summed E-state index contributed by atoms with van der Waals surface area (Å²) < 4.78 is 0. The van der Waals surface area contributed by atoms with Gasteiger partial charge in [0, 0.05) is 13.0 Å². The highest BCUT2D eigenvalue weighted by Crippen LogP contribution is 2.10. The van der Waals surface area contributed by atoms with Crippen LogP contribution in [0.4, 0.5) is 0 Å². The Morgan fingerprint density at radius 3 is 2.08 bits per heavy atom. The Hall–Kier alpha value is -2.95. The van der Waals surface area contributed by atoms with Gasteiger partial charge in [0.15, 0.2) is 0 Å². The van der Waals surface area contributed by atoms with Crippen LogP contribution in [0.15, 0.2) is 48.5 Å². The van der Waals surface area contributed by atoms with E-state index < -0.39 is 11.9 Å². The zero-order valence-electron chi connectivity index (χ0n) is 13.4. The number of amides is 1. The zero-order chi connectivity index (χ0) is 17.5. The molecule has 0 aliphatic carbocycles. The van der Waals surface area contributed by atoms with Crippen molar-refractivity contribution in [3.63, 3.8) is 0 Å². The summed E-state index contributed by atoms with van der Waals surface area (Å²) in [7, 11) is 0. The summed E-state index contributed by atoms with van der Waals surface area (Å²) in [6.07, 6.45) is 1.22. The van der Waals surface area contributed by atoms with Crippen molar-refractivity contribution in [1.29, 1.82) is 0 Å². The lowest BCUT2D eigenvalue weighted by molar-refractivity contribution is -0.116. The van der Waals surface area contributed by atoms with Crippen molar-refractivity contribution in [2.24, 2.45) is 0 Å². The maximum Gasteiger partial charge on any atom is 0.336 e. The van der Waals surface area contributed by atoms with Gasteiger partial charge in [-0.2, -0.15) is 0 Å². The van der Waals surface area contributed by atoms with Gasteiger partial charge in [0.2, 0.25) is 0 Å². The molecule has 0 unspecified atom stereocenters. The molecule has 5 nitrogen and oxygen atoms in total. The molecule has 1 amide bonds. The molecule has 0 atom stereocenters. The van der Waals surface area contributed by atoms with E-state index in [2.05, 4.69) is 5.32 Å². The average Bonchev–Trinajstić information content (AvgIpc) is 2.58. The third kappa shape index (κ3) is 4.78. The SMILES string of the molecule is CC(=O)CCc1ccc(CNC(=O)c2ccccc2C(=O)O)cc1. The fourth-order valence-corrected chi connectivity index (χ4v) is 2.29. The van der Waals surface area contributed by atoms with Gasteiger partial charge < -0.3 is 15.2 Å². The van der Waals surface area contributed by atoms with Crippen molar-refractivity contribution in [2.45, 2.75) is 26.3 Å². The van der Waals surface area contributed by atoms with Crippen LogP contribution in [0.2, 0.25) is 0 Å². The van der Waals surface area contributed by atoms with Crippen LogP contribution in [0.5, 0.6) is 0 Å². The number of carbonyl (C=O) groups excluding carboxylic acids is 2. The number of benzene rings is 2. The number of ketones is 1. The van der Waals surface area contributed by atoms with Crippen molar-refractivity contribution < 1.29 is 19.5 Å². The highest BCUT2D eigenvalue weighted by molar-refractivity contribution is 6.04. The molecule has 24 heavy (non-hydrogen) atoms. The minimum absolute atomic E-state index is 0.0189. The largest absolute Gasteiger partial charge is 0.478 e. The van der Waals surface area contributed by atoms with E-state index in [1.165, 1.54) is 12.1 Å². The predicted molar refractivity (Wildman–Crippen MR) is 90.0 cm³/mol. The van der Waals surface area contributed by atoms with Gasteiger partial charge in [0.05, 0.1) is 11.1 Å². The molecule has 0 saturated carbocycles. The highest BCUT2D eigenvalue weighted by atomic mass is 16.4. The molecule has 0 aromatic heterocycles. The topological polar surface area (TPSA) is 83.5 Å². The van der Waals surface area contributed by atoms with Crippen LogP contribution in [-0.2, 0) is 17.8 Å². The van der Waals surface area contributed by atoms with Gasteiger partial charge in [-0.3, -0.25) is 4.79 Å². The molecule has 0 bridgehead atoms. The van der Waals surface area contributed by atoms with E-state index in [1.54, 1.807) is 19.1 Å². The summed E-state index contributed by atoms with van der Waals surface area (Å²) in [4.78, 5) is 34.3. The molecule has 0 spiro atoms. The molecule has 2 rings (SSSR count). The van der Waals surface area contributed by atoms with E-state index in [9.17, 15) is 14.4 Å². The molecule has 2 aromatic carbocycles. The summed E-state index contributed by atoms with van der Waals surface area (Å²) in [6, 6.07) is 13.7. The fourth-order valence-electron chi connectivity index (χ4n) is 2.29. The number of carbonyl (C=O) groups is 3. The van der Waals surface area contributed by atoms with E-state index in [0.29, 0.717) is 19.4 Å². The minimum atomic E-state index is -1.13. The quantitative estimate of drug-likeness (QED) is 0.820. The first-order valence-electron chi connectivity index (χ1n) is 7.65. The van der Waals surface area contributed by atoms with Crippen molar-refractivity contribution in [2.75, 3.05) is 0 Å². The number of hydrogen-bond donors (Lipinski definition) is 2. The summed E-state index contributed by atoms with van der Waals surface area (Å²) in [6.45, 7) is 1.87. The maximum absolute atomic E-state index is 12.2. The van der Waals surface area contributed by atoms with Gasteiger partial charge >= 0.3 is 5.97 Å². The van der Waals surface area contributed by atoms with Gasteiger partial charge in [-0.15, -0.1) is 0 Å². The molecule has 124 valence electrons. The number of Topliss-reactive ketones (excluding diaryl/α,β-unsaturated/α-hetero) is 1. The van der Waals surface area contributed by atoms with Crippen molar-refractivity contribution in [3.8, 4) is 0 Å². The molecule has 0 fully saturated rings. The van der Waals surface area contributed by atoms with Gasteiger partial charge in [0.25, 0.3) is 5.91 Å². The maximum atomic E-state index is 12.2. The van der Waals surface area contributed by atoms with Crippen molar-refractivity contribution in [1.82, 2.24) is 5.32 Å². The molecular formula is C19H19NO4. The Balaban J connectivity index is 1.97. The molecule has 0 aliphatic rings. The van der Waals surface area contributed by atoms with E-state index in [0.717, 1.165) is 11.1 Å². The second kappa shape index (κ2) is 8.06. The molecule has 0 aliphatic heterocycles. The third-order valence-corrected chi connectivity index (χ3v) is 3.64. The van der Waals surface area contributed by atoms with Crippen LogP contribution in [0.3, 0.4) is 0 Å². The number of nitrogens with one attached hydrogen (secondary N) is 1. The van der Waals surface area contributed by atoms with Crippen molar-refractivity contribution in [3.05, 3.63) is 70.8 Å². The lowest BCUT2D eigenvalue weighted by Gasteiger charge is -2.08. The molecule has 0 radical (unpaired) electrons. The minimum Gasteiger partial charge on any atom is -0.478 e. The summed E-state index contributed by atoms with van der Waals surface area (Å²) in [5, 5.41) is 11.8. The first kappa shape index (κ1) is 17.4. The Morgan fingerprint density at radius 1 is 0.917 bits per heavy atom. The van der Waals surface area contributed by atoms with Gasteiger partial charge in [-0.25, -0.2) is 4.79 Å². The number of hydrogen-bond acceptors (Lipinski definition) is 3.